The van der Waals surface area contributed by atoms with Gasteiger partial charge in [-0.15, -0.1) is 0 Å². The third kappa shape index (κ3) is 20.2. The second kappa shape index (κ2) is 27.8. The standard InChI is InChI=1S/C36H71N2/c1-4-7-10-13-16-17-18-19-20-21-22-23-25-28-31-36-37(32-29-26-15-12-9-6-3)34-35-38(36)33-30-27-24-14-11-8-5-2/h34-35H,4-33H2,1-3H3/q+1. The van der Waals surface area contributed by atoms with Crippen molar-refractivity contribution in [1.29, 1.82) is 0 Å². The summed E-state index contributed by atoms with van der Waals surface area (Å²) in [7, 11) is 0. The molecule has 224 valence electrons. The molecule has 1 rings (SSSR count). The van der Waals surface area contributed by atoms with E-state index in [1.807, 2.05) is 0 Å². The van der Waals surface area contributed by atoms with Gasteiger partial charge in [-0.05, 0) is 32.1 Å². The second-order valence-electron chi connectivity index (χ2n) is 12.3. The van der Waals surface area contributed by atoms with Gasteiger partial charge in [-0.2, -0.15) is 0 Å². The molecule has 0 aromatic carbocycles. The van der Waals surface area contributed by atoms with Crippen molar-refractivity contribution in [2.45, 2.75) is 214 Å². The van der Waals surface area contributed by atoms with E-state index in [0.29, 0.717) is 0 Å². The number of hydrogen-bond donors (Lipinski definition) is 0. The predicted octanol–water partition coefficient (Wildman–Crippen LogP) is 11.9. The third-order valence-corrected chi connectivity index (χ3v) is 8.60. The van der Waals surface area contributed by atoms with E-state index in [1.165, 1.54) is 193 Å². The van der Waals surface area contributed by atoms with Crippen LogP contribution in [0.2, 0.25) is 0 Å². The lowest BCUT2D eigenvalue weighted by molar-refractivity contribution is -0.704. The number of nitrogens with zero attached hydrogens (tertiary/aromatic N) is 2. The van der Waals surface area contributed by atoms with Gasteiger partial charge in [-0.1, -0.05) is 162 Å². The molecule has 0 spiro atoms. The van der Waals surface area contributed by atoms with Gasteiger partial charge < -0.3 is 0 Å². The lowest BCUT2D eigenvalue weighted by Gasteiger charge is -2.07. The highest BCUT2D eigenvalue weighted by Gasteiger charge is 2.16. The van der Waals surface area contributed by atoms with Crippen LogP contribution in [-0.4, -0.2) is 4.57 Å². The molecule has 0 bridgehead atoms. The molecule has 38 heavy (non-hydrogen) atoms. The van der Waals surface area contributed by atoms with Crippen molar-refractivity contribution < 1.29 is 4.57 Å². The minimum atomic E-state index is 1.23. The topological polar surface area (TPSA) is 8.81 Å². The van der Waals surface area contributed by atoms with Crippen LogP contribution in [0.1, 0.15) is 200 Å². The Hall–Kier alpha value is -0.790. The van der Waals surface area contributed by atoms with E-state index >= 15 is 0 Å². The van der Waals surface area contributed by atoms with Crippen molar-refractivity contribution in [2.75, 3.05) is 0 Å². The Morgan fingerprint density at radius 2 is 0.816 bits per heavy atom. The predicted molar refractivity (Wildman–Crippen MR) is 170 cm³/mol. The summed E-state index contributed by atoms with van der Waals surface area (Å²) in [6.07, 6.45) is 44.4. The monoisotopic (exact) mass is 532 g/mol. The maximum atomic E-state index is 2.62. The van der Waals surface area contributed by atoms with Gasteiger partial charge in [0.05, 0.1) is 13.1 Å². The van der Waals surface area contributed by atoms with Crippen molar-refractivity contribution in [2.24, 2.45) is 0 Å². The molecule has 0 fully saturated rings. The average molecular weight is 532 g/mol. The van der Waals surface area contributed by atoms with Crippen LogP contribution >= 0.6 is 0 Å². The summed E-state index contributed by atoms with van der Waals surface area (Å²) in [5, 5.41) is 0. The quantitative estimate of drug-likeness (QED) is 0.0689. The Balaban J connectivity index is 2.25. The summed E-state index contributed by atoms with van der Waals surface area (Å²) in [4.78, 5) is 0. The van der Waals surface area contributed by atoms with E-state index in [-0.39, 0.29) is 0 Å². The summed E-state index contributed by atoms with van der Waals surface area (Å²) in [6, 6.07) is 0. The highest BCUT2D eigenvalue weighted by atomic mass is 15.1. The fourth-order valence-corrected chi connectivity index (χ4v) is 5.97. The average Bonchev–Trinajstić information content (AvgIpc) is 3.31. The van der Waals surface area contributed by atoms with Gasteiger partial charge in [0.1, 0.15) is 12.4 Å². The number of aromatic nitrogens is 2. The molecule has 0 aliphatic rings. The van der Waals surface area contributed by atoms with Crippen LogP contribution in [-0.2, 0) is 19.5 Å². The molecule has 0 saturated carbocycles. The summed E-state index contributed by atoms with van der Waals surface area (Å²) >= 11 is 0. The molecule has 0 aliphatic heterocycles. The maximum absolute atomic E-state index is 2.62. The minimum absolute atomic E-state index is 1.23. The maximum Gasteiger partial charge on any atom is 0.256 e. The molecule has 0 amide bonds. The fourth-order valence-electron chi connectivity index (χ4n) is 5.97. The number of unbranched alkanes of at least 4 members (excludes halogenated alkanes) is 24. The van der Waals surface area contributed by atoms with Crippen LogP contribution < -0.4 is 4.57 Å². The number of hydrogen-bond acceptors (Lipinski definition) is 0. The highest BCUT2D eigenvalue weighted by molar-refractivity contribution is 4.84. The molecule has 0 atom stereocenters. The molecular formula is C36H71N2+. The summed E-state index contributed by atoms with van der Waals surface area (Å²) in [5.74, 6) is 1.61. The van der Waals surface area contributed by atoms with E-state index in [1.54, 1.807) is 5.82 Å². The zero-order valence-electron chi connectivity index (χ0n) is 26.8. The molecular weight excluding hydrogens is 460 g/mol. The molecule has 0 unspecified atom stereocenters. The SMILES string of the molecule is CCCCCCCCCCCCCCCCc1n(CCCCCCCC)cc[n+]1CCCCCCCCC. The van der Waals surface area contributed by atoms with Gasteiger partial charge in [0.2, 0.25) is 0 Å². The van der Waals surface area contributed by atoms with Gasteiger partial charge in [-0.3, -0.25) is 0 Å². The fraction of sp³-hybridized carbons (Fsp3) is 0.917. The van der Waals surface area contributed by atoms with Crippen LogP contribution in [0.25, 0.3) is 0 Å². The van der Waals surface area contributed by atoms with Crippen molar-refractivity contribution in [3.63, 3.8) is 0 Å². The molecule has 2 heteroatoms. The van der Waals surface area contributed by atoms with Crippen molar-refractivity contribution in [3.8, 4) is 0 Å². The molecule has 0 radical (unpaired) electrons. The lowest BCUT2D eigenvalue weighted by atomic mass is 10.0. The van der Waals surface area contributed by atoms with E-state index in [4.69, 9.17) is 0 Å². The smallest absolute Gasteiger partial charge is 0.234 e. The Morgan fingerprint density at radius 1 is 0.447 bits per heavy atom. The van der Waals surface area contributed by atoms with Crippen LogP contribution in [0, 0.1) is 0 Å². The van der Waals surface area contributed by atoms with Crippen LogP contribution in [0.3, 0.4) is 0 Å². The third-order valence-electron chi connectivity index (χ3n) is 8.60. The second-order valence-corrected chi connectivity index (χ2v) is 12.3. The molecule has 1 aromatic rings. The van der Waals surface area contributed by atoms with Crippen LogP contribution in [0.4, 0.5) is 0 Å². The van der Waals surface area contributed by atoms with E-state index in [0.717, 1.165) is 0 Å². The van der Waals surface area contributed by atoms with E-state index in [9.17, 15) is 0 Å². The zero-order valence-corrected chi connectivity index (χ0v) is 26.8. The normalized spacial score (nSPS) is 11.6. The van der Waals surface area contributed by atoms with Crippen molar-refractivity contribution >= 4 is 0 Å². The first-order valence-electron chi connectivity index (χ1n) is 17.9. The minimum Gasteiger partial charge on any atom is -0.234 e. The Kier molecular flexibility index (Phi) is 25.7. The Labute approximate surface area is 240 Å². The molecule has 0 aliphatic carbocycles. The van der Waals surface area contributed by atoms with E-state index in [2.05, 4.69) is 42.3 Å². The van der Waals surface area contributed by atoms with Crippen molar-refractivity contribution in [1.82, 2.24) is 4.57 Å². The van der Waals surface area contributed by atoms with E-state index < -0.39 is 0 Å². The van der Waals surface area contributed by atoms with Gasteiger partial charge >= 0.3 is 0 Å². The number of aryl methyl sites for hydroxylation is 2. The number of imidazole rings is 1. The first-order valence-corrected chi connectivity index (χ1v) is 17.9. The molecule has 2 nitrogen and oxygen atoms in total. The van der Waals surface area contributed by atoms with Gasteiger partial charge in [-0.25, -0.2) is 9.13 Å². The molecule has 1 heterocycles. The molecule has 0 saturated heterocycles. The summed E-state index contributed by atoms with van der Waals surface area (Å²) < 4.78 is 5.23. The largest absolute Gasteiger partial charge is 0.256 e. The Morgan fingerprint density at radius 3 is 1.26 bits per heavy atom. The first kappa shape index (κ1) is 35.2. The zero-order chi connectivity index (χ0) is 27.4. The van der Waals surface area contributed by atoms with Crippen LogP contribution in [0.15, 0.2) is 12.4 Å². The highest BCUT2D eigenvalue weighted by Crippen LogP contribution is 2.15. The summed E-state index contributed by atoms with van der Waals surface area (Å²) in [6.45, 7) is 9.39. The molecule has 0 N–H and O–H groups in total. The van der Waals surface area contributed by atoms with Gasteiger partial charge in [0.25, 0.3) is 5.82 Å². The van der Waals surface area contributed by atoms with Gasteiger partial charge in [0, 0.05) is 6.42 Å². The van der Waals surface area contributed by atoms with Crippen LogP contribution in [0.5, 0.6) is 0 Å². The number of rotatable bonds is 30. The van der Waals surface area contributed by atoms with Gasteiger partial charge in [0.15, 0.2) is 0 Å². The lowest BCUT2D eigenvalue weighted by Crippen LogP contribution is -2.37. The van der Waals surface area contributed by atoms with Crippen molar-refractivity contribution in [3.05, 3.63) is 18.2 Å². The Bertz CT molecular complexity index is 590. The first-order chi connectivity index (χ1) is 18.8. The molecule has 1 aromatic heterocycles. The summed E-state index contributed by atoms with van der Waals surface area (Å²) in [5.41, 5.74) is 0.